The molecule has 1 aromatic rings. The van der Waals surface area contributed by atoms with Crippen LogP contribution in [0.15, 0.2) is 18.2 Å². The second-order valence-corrected chi connectivity index (χ2v) is 7.85. The van der Waals surface area contributed by atoms with Gasteiger partial charge in [-0.05, 0) is 39.8 Å². The minimum Gasteiger partial charge on any atom is -0.497 e. The highest BCUT2D eigenvalue weighted by Gasteiger charge is 2.35. The molecule has 0 aromatic heterocycles. The first kappa shape index (κ1) is 19.9. The van der Waals surface area contributed by atoms with Crippen molar-refractivity contribution in [2.24, 2.45) is 0 Å². The summed E-state index contributed by atoms with van der Waals surface area (Å²) < 4.78 is 10.8. The second kappa shape index (κ2) is 8.81. The van der Waals surface area contributed by atoms with Crippen LogP contribution in [0.1, 0.15) is 38.6 Å². The van der Waals surface area contributed by atoms with Crippen LogP contribution in [0.4, 0.5) is 0 Å². The molecule has 25 heavy (non-hydrogen) atoms. The number of benzene rings is 1. The lowest BCUT2D eigenvalue weighted by Crippen LogP contribution is -2.43. The number of thioether (sulfide) groups is 1. The summed E-state index contributed by atoms with van der Waals surface area (Å²) in [5, 5.41) is -0.00506. The highest BCUT2D eigenvalue weighted by molar-refractivity contribution is 8.00. The maximum absolute atomic E-state index is 12.5. The minimum atomic E-state index is -0.00506. The molecule has 0 N–H and O–H groups in total. The average Bonchev–Trinajstić information content (AvgIpc) is 2.94. The van der Waals surface area contributed by atoms with E-state index in [0.717, 1.165) is 30.2 Å². The molecule has 1 amide bonds. The number of methoxy groups -OCH3 is 2. The molecule has 6 heteroatoms. The van der Waals surface area contributed by atoms with Crippen LogP contribution in [0.3, 0.4) is 0 Å². The number of carbonyl (C=O) groups is 1. The van der Waals surface area contributed by atoms with Crippen molar-refractivity contribution in [2.45, 2.75) is 45.2 Å². The zero-order valence-electron chi connectivity index (χ0n) is 16.1. The molecule has 0 spiro atoms. The van der Waals surface area contributed by atoms with Crippen molar-refractivity contribution in [3.05, 3.63) is 23.8 Å². The third kappa shape index (κ3) is 4.61. The Hall–Kier alpha value is -1.40. The van der Waals surface area contributed by atoms with Gasteiger partial charge in [0.25, 0.3) is 0 Å². The molecular weight excluding hydrogens is 336 g/mol. The van der Waals surface area contributed by atoms with Gasteiger partial charge < -0.3 is 14.4 Å². The van der Waals surface area contributed by atoms with Gasteiger partial charge >= 0.3 is 0 Å². The molecule has 140 valence electrons. The lowest BCUT2D eigenvalue weighted by atomic mass is 10.1. The molecule has 0 radical (unpaired) electrons. The molecule has 1 fully saturated rings. The number of carbonyl (C=O) groups excluding carboxylic acids is 1. The van der Waals surface area contributed by atoms with Crippen molar-refractivity contribution in [2.75, 3.05) is 33.1 Å². The van der Waals surface area contributed by atoms with Crippen molar-refractivity contribution in [3.63, 3.8) is 0 Å². The van der Waals surface area contributed by atoms with E-state index in [0.29, 0.717) is 17.8 Å². The molecule has 1 atom stereocenters. The van der Waals surface area contributed by atoms with Crippen LogP contribution in [-0.4, -0.2) is 60.9 Å². The minimum absolute atomic E-state index is 0.00506. The van der Waals surface area contributed by atoms with E-state index in [1.165, 1.54) is 0 Å². The molecular formula is C19H30N2O3S. The van der Waals surface area contributed by atoms with E-state index in [-0.39, 0.29) is 11.3 Å². The quantitative estimate of drug-likeness (QED) is 0.705. The SMILES string of the molecule is COc1ccc(C2SCC(=O)N2CCN(C(C)C)C(C)C)c(OC)c1. The summed E-state index contributed by atoms with van der Waals surface area (Å²) >= 11 is 1.66. The topological polar surface area (TPSA) is 42.0 Å². The van der Waals surface area contributed by atoms with Crippen LogP contribution in [0.5, 0.6) is 11.5 Å². The maximum Gasteiger partial charge on any atom is 0.233 e. The molecule has 1 aromatic carbocycles. The first-order valence-electron chi connectivity index (χ1n) is 8.77. The predicted molar refractivity (Wildman–Crippen MR) is 103 cm³/mol. The van der Waals surface area contributed by atoms with Crippen molar-refractivity contribution in [1.29, 1.82) is 0 Å². The van der Waals surface area contributed by atoms with Gasteiger partial charge in [-0.1, -0.05) is 0 Å². The first-order valence-corrected chi connectivity index (χ1v) is 9.82. The third-order valence-corrected chi connectivity index (χ3v) is 5.84. The summed E-state index contributed by atoms with van der Waals surface area (Å²) in [5.74, 6) is 2.23. The number of nitrogens with zero attached hydrogens (tertiary/aromatic N) is 2. The lowest BCUT2D eigenvalue weighted by Gasteiger charge is -2.33. The van der Waals surface area contributed by atoms with E-state index in [1.807, 2.05) is 23.1 Å². The molecule has 1 saturated heterocycles. The summed E-state index contributed by atoms with van der Waals surface area (Å²) in [6.45, 7) is 10.4. The fraction of sp³-hybridized carbons (Fsp3) is 0.632. The van der Waals surface area contributed by atoms with Gasteiger partial charge in [0.05, 0.1) is 20.0 Å². The third-order valence-electron chi connectivity index (χ3n) is 4.60. The van der Waals surface area contributed by atoms with Crippen molar-refractivity contribution in [3.8, 4) is 11.5 Å². The average molecular weight is 367 g/mol. The van der Waals surface area contributed by atoms with Crippen LogP contribution in [0, 0.1) is 0 Å². The molecule has 1 aliphatic rings. The summed E-state index contributed by atoms with van der Waals surface area (Å²) in [4.78, 5) is 16.8. The van der Waals surface area contributed by atoms with Crippen LogP contribution in [0.25, 0.3) is 0 Å². The van der Waals surface area contributed by atoms with Crippen molar-refractivity contribution < 1.29 is 14.3 Å². The standard InChI is InChI=1S/C19H30N2O3S/c1-13(2)20(14(3)4)9-10-21-18(22)12-25-19(21)16-8-7-15(23-5)11-17(16)24-6/h7-8,11,13-14,19H,9-10,12H2,1-6H3. The number of amides is 1. The van der Waals surface area contributed by atoms with Gasteiger partial charge in [-0.3, -0.25) is 9.69 Å². The Balaban J connectivity index is 2.19. The summed E-state index contributed by atoms with van der Waals surface area (Å²) in [5.41, 5.74) is 1.03. The number of hydrogen-bond acceptors (Lipinski definition) is 5. The Labute approximate surface area is 155 Å². The second-order valence-electron chi connectivity index (χ2n) is 6.78. The zero-order valence-corrected chi connectivity index (χ0v) is 16.9. The van der Waals surface area contributed by atoms with E-state index in [1.54, 1.807) is 26.0 Å². The van der Waals surface area contributed by atoms with Crippen LogP contribution in [-0.2, 0) is 4.79 Å². The Morgan fingerprint density at radius 1 is 1.20 bits per heavy atom. The fourth-order valence-electron chi connectivity index (χ4n) is 3.31. The Bertz CT molecular complexity index is 584. The molecule has 1 unspecified atom stereocenters. The van der Waals surface area contributed by atoms with Crippen molar-refractivity contribution in [1.82, 2.24) is 9.80 Å². The van der Waals surface area contributed by atoms with Crippen LogP contribution < -0.4 is 9.47 Å². The monoisotopic (exact) mass is 366 g/mol. The Morgan fingerprint density at radius 3 is 2.44 bits per heavy atom. The van der Waals surface area contributed by atoms with E-state index in [4.69, 9.17) is 9.47 Å². The molecule has 5 nitrogen and oxygen atoms in total. The largest absolute Gasteiger partial charge is 0.497 e. The van der Waals surface area contributed by atoms with Gasteiger partial charge in [0, 0.05) is 36.8 Å². The van der Waals surface area contributed by atoms with Gasteiger partial charge in [-0.15, -0.1) is 11.8 Å². The number of rotatable bonds is 8. The normalized spacial score (nSPS) is 17.9. The summed E-state index contributed by atoms with van der Waals surface area (Å²) in [7, 11) is 3.30. The van der Waals surface area contributed by atoms with E-state index < -0.39 is 0 Å². The van der Waals surface area contributed by atoms with Gasteiger partial charge in [-0.25, -0.2) is 0 Å². The molecule has 1 heterocycles. The van der Waals surface area contributed by atoms with E-state index in [2.05, 4.69) is 32.6 Å². The highest BCUT2D eigenvalue weighted by Crippen LogP contribution is 2.43. The summed E-state index contributed by atoms with van der Waals surface area (Å²) in [6, 6.07) is 6.72. The number of hydrogen-bond donors (Lipinski definition) is 0. The van der Waals surface area contributed by atoms with Gasteiger partial charge in [0.15, 0.2) is 0 Å². The van der Waals surface area contributed by atoms with E-state index in [9.17, 15) is 4.79 Å². The number of ether oxygens (including phenoxy) is 2. The van der Waals surface area contributed by atoms with Crippen LogP contribution in [0.2, 0.25) is 0 Å². The van der Waals surface area contributed by atoms with E-state index >= 15 is 0 Å². The smallest absolute Gasteiger partial charge is 0.233 e. The molecule has 0 bridgehead atoms. The maximum atomic E-state index is 12.5. The van der Waals surface area contributed by atoms with Gasteiger partial charge in [0.2, 0.25) is 5.91 Å². The molecule has 0 saturated carbocycles. The zero-order chi connectivity index (χ0) is 18.6. The highest BCUT2D eigenvalue weighted by atomic mass is 32.2. The predicted octanol–water partition coefficient (Wildman–Crippen LogP) is 3.40. The molecule has 2 rings (SSSR count). The van der Waals surface area contributed by atoms with Gasteiger partial charge in [0.1, 0.15) is 16.9 Å². The van der Waals surface area contributed by atoms with Crippen molar-refractivity contribution >= 4 is 17.7 Å². The first-order chi connectivity index (χ1) is 11.9. The Morgan fingerprint density at radius 2 is 1.88 bits per heavy atom. The Kier molecular flexibility index (Phi) is 7.02. The molecule has 1 aliphatic heterocycles. The van der Waals surface area contributed by atoms with Crippen LogP contribution >= 0.6 is 11.8 Å². The van der Waals surface area contributed by atoms with Gasteiger partial charge in [-0.2, -0.15) is 0 Å². The fourth-order valence-corrected chi connectivity index (χ4v) is 4.56. The lowest BCUT2D eigenvalue weighted by molar-refractivity contribution is -0.128. The summed E-state index contributed by atoms with van der Waals surface area (Å²) in [6.07, 6.45) is 0. The molecule has 0 aliphatic carbocycles.